The van der Waals surface area contributed by atoms with Gasteiger partial charge in [0, 0.05) is 19.3 Å². The van der Waals surface area contributed by atoms with Crippen LogP contribution in [0.25, 0.3) is 0 Å². The van der Waals surface area contributed by atoms with E-state index in [0.29, 0.717) is 19.3 Å². The summed E-state index contributed by atoms with van der Waals surface area (Å²) in [5, 5.41) is 0. The number of carbonyl (C=O) groups is 3. The number of hydrogen-bond acceptors (Lipinski definition) is 6. The number of carbonyl (C=O) groups excluding carboxylic acids is 3. The molecule has 1 atom stereocenters. The van der Waals surface area contributed by atoms with Crippen LogP contribution in [0.4, 0.5) is 0 Å². The Labute approximate surface area is 513 Å². The maximum absolute atomic E-state index is 13.0. The van der Waals surface area contributed by atoms with Crippen LogP contribution in [0.15, 0.2) is 24.3 Å². The first kappa shape index (κ1) is 79.9. The summed E-state index contributed by atoms with van der Waals surface area (Å²) in [7, 11) is 0. The highest BCUT2D eigenvalue weighted by Crippen LogP contribution is 2.19. The number of esters is 3. The van der Waals surface area contributed by atoms with Gasteiger partial charge in [0.25, 0.3) is 0 Å². The lowest BCUT2D eigenvalue weighted by Gasteiger charge is -2.18. The Balaban J connectivity index is 4.16. The van der Waals surface area contributed by atoms with Crippen molar-refractivity contribution in [3.8, 4) is 0 Å². The first-order valence-electron chi connectivity index (χ1n) is 37.3. The summed E-state index contributed by atoms with van der Waals surface area (Å²) < 4.78 is 17.0. The Morgan fingerprint density at radius 1 is 0.244 bits per heavy atom. The molecule has 6 nitrogen and oxygen atoms in total. The maximum Gasteiger partial charge on any atom is 0.306 e. The van der Waals surface area contributed by atoms with Gasteiger partial charge in [-0.25, -0.2) is 0 Å². The molecule has 1 unspecified atom stereocenters. The van der Waals surface area contributed by atoms with E-state index in [1.807, 2.05) is 0 Å². The van der Waals surface area contributed by atoms with Gasteiger partial charge in [0.15, 0.2) is 6.10 Å². The average molecular weight is 1150 g/mol. The van der Waals surface area contributed by atoms with Gasteiger partial charge < -0.3 is 14.2 Å². The van der Waals surface area contributed by atoms with Crippen molar-refractivity contribution in [1.29, 1.82) is 0 Å². The summed E-state index contributed by atoms with van der Waals surface area (Å²) in [6, 6.07) is 0. The van der Waals surface area contributed by atoms with E-state index in [4.69, 9.17) is 14.2 Å². The molecule has 0 saturated heterocycles. The first-order valence-corrected chi connectivity index (χ1v) is 37.3. The molecule has 0 saturated carbocycles. The second kappa shape index (κ2) is 71.4. The fraction of sp³-hybridized carbons (Fsp3) is 0.908. The average Bonchev–Trinajstić information content (AvgIpc) is 3.47. The lowest BCUT2D eigenvalue weighted by molar-refractivity contribution is -0.167. The zero-order valence-corrected chi connectivity index (χ0v) is 55.8. The number of ether oxygens (including phenoxy) is 3. The highest BCUT2D eigenvalue weighted by molar-refractivity contribution is 5.71. The third-order valence-electron chi connectivity index (χ3n) is 17.2. The molecule has 0 aromatic carbocycles. The lowest BCUT2D eigenvalue weighted by atomic mass is 10.0. The predicted molar refractivity (Wildman–Crippen MR) is 358 cm³/mol. The number of allylic oxidation sites excluding steroid dienone is 4. The van der Waals surface area contributed by atoms with Crippen molar-refractivity contribution in [2.45, 2.75) is 431 Å². The fourth-order valence-corrected chi connectivity index (χ4v) is 11.6. The van der Waals surface area contributed by atoms with Gasteiger partial charge in [0.2, 0.25) is 0 Å². The van der Waals surface area contributed by atoms with E-state index in [1.165, 1.54) is 321 Å². The zero-order valence-electron chi connectivity index (χ0n) is 55.8. The summed E-state index contributed by atoms with van der Waals surface area (Å²) in [5.41, 5.74) is 0. The Morgan fingerprint density at radius 2 is 0.439 bits per heavy atom. The molecule has 82 heavy (non-hydrogen) atoms. The van der Waals surface area contributed by atoms with Crippen LogP contribution in [0.1, 0.15) is 425 Å². The fourth-order valence-electron chi connectivity index (χ4n) is 11.6. The van der Waals surface area contributed by atoms with Gasteiger partial charge in [-0.15, -0.1) is 0 Å². The minimum atomic E-state index is -0.771. The van der Waals surface area contributed by atoms with E-state index in [2.05, 4.69) is 45.1 Å². The second-order valence-electron chi connectivity index (χ2n) is 25.6. The lowest BCUT2D eigenvalue weighted by Crippen LogP contribution is -2.30. The quantitative estimate of drug-likeness (QED) is 0.0261. The van der Waals surface area contributed by atoms with Crippen molar-refractivity contribution in [3.63, 3.8) is 0 Å². The van der Waals surface area contributed by atoms with Crippen LogP contribution in [0, 0.1) is 0 Å². The van der Waals surface area contributed by atoms with E-state index < -0.39 is 6.10 Å². The molecule has 0 amide bonds. The molecule has 0 bridgehead atoms. The number of unbranched alkanes of at least 4 members (excludes halogenated alkanes) is 55. The zero-order chi connectivity index (χ0) is 59.2. The molecule has 0 N–H and O–H groups in total. The van der Waals surface area contributed by atoms with Crippen molar-refractivity contribution < 1.29 is 28.6 Å². The topological polar surface area (TPSA) is 78.9 Å². The first-order chi connectivity index (χ1) is 40.5. The van der Waals surface area contributed by atoms with E-state index >= 15 is 0 Å². The van der Waals surface area contributed by atoms with Crippen LogP contribution in [0.5, 0.6) is 0 Å². The van der Waals surface area contributed by atoms with Gasteiger partial charge >= 0.3 is 17.9 Å². The maximum atomic E-state index is 13.0. The Morgan fingerprint density at radius 3 is 0.671 bits per heavy atom. The normalized spacial score (nSPS) is 12.1. The van der Waals surface area contributed by atoms with Gasteiger partial charge in [-0.1, -0.05) is 379 Å². The third kappa shape index (κ3) is 68.7. The van der Waals surface area contributed by atoms with Crippen LogP contribution in [-0.2, 0) is 28.6 Å². The molecule has 0 radical (unpaired) electrons. The molecule has 0 aromatic heterocycles. The third-order valence-corrected chi connectivity index (χ3v) is 17.2. The number of hydrogen-bond donors (Lipinski definition) is 0. The van der Waals surface area contributed by atoms with Crippen molar-refractivity contribution in [2.75, 3.05) is 13.2 Å². The molecule has 0 aliphatic carbocycles. The van der Waals surface area contributed by atoms with Gasteiger partial charge in [0.1, 0.15) is 13.2 Å². The highest BCUT2D eigenvalue weighted by atomic mass is 16.6. The monoisotopic (exact) mass is 1150 g/mol. The minimum Gasteiger partial charge on any atom is -0.462 e. The van der Waals surface area contributed by atoms with Crippen molar-refractivity contribution >= 4 is 17.9 Å². The number of rotatable bonds is 70. The summed E-state index contributed by atoms with van der Waals surface area (Å²) in [6.07, 6.45) is 88.0. The molecule has 484 valence electrons. The summed E-state index contributed by atoms with van der Waals surface area (Å²) >= 11 is 0. The largest absolute Gasteiger partial charge is 0.462 e. The predicted octanol–water partition coefficient (Wildman–Crippen LogP) is 25.7. The van der Waals surface area contributed by atoms with Crippen molar-refractivity contribution in [2.24, 2.45) is 0 Å². The molecule has 0 fully saturated rings. The molecule has 0 spiro atoms. The molecule has 6 heteroatoms. The van der Waals surface area contributed by atoms with Crippen molar-refractivity contribution in [1.82, 2.24) is 0 Å². The SMILES string of the molecule is CCCCCCC/C=C\C/C=C\CCCCCCCCCCCC(=O)OC(COC(=O)CCCCCCCCCCCCCCC)COC(=O)CCCCCCCCCCCCCCCCCCCCCCCCCCCCCCCC. The van der Waals surface area contributed by atoms with Gasteiger partial charge in [-0.05, 0) is 51.4 Å². The highest BCUT2D eigenvalue weighted by Gasteiger charge is 2.20. The molecular weight excluding hydrogens is 1010 g/mol. The Bertz CT molecular complexity index is 1320. The van der Waals surface area contributed by atoms with Gasteiger partial charge in [-0.2, -0.15) is 0 Å². The van der Waals surface area contributed by atoms with Crippen LogP contribution in [0.3, 0.4) is 0 Å². The van der Waals surface area contributed by atoms with Gasteiger partial charge in [-0.3, -0.25) is 14.4 Å². The minimum absolute atomic E-state index is 0.0663. The second-order valence-corrected chi connectivity index (χ2v) is 25.6. The van der Waals surface area contributed by atoms with Crippen LogP contribution in [-0.4, -0.2) is 37.2 Å². The van der Waals surface area contributed by atoms with Crippen molar-refractivity contribution in [3.05, 3.63) is 24.3 Å². The molecule has 0 aromatic rings. The Hall–Kier alpha value is -2.11. The van der Waals surface area contributed by atoms with E-state index in [-0.39, 0.29) is 31.1 Å². The smallest absolute Gasteiger partial charge is 0.306 e. The van der Waals surface area contributed by atoms with E-state index in [0.717, 1.165) is 64.2 Å². The molecule has 0 heterocycles. The van der Waals surface area contributed by atoms with E-state index in [1.54, 1.807) is 0 Å². The summed E-state index contributed by atoms with van der Waals surface area (Å²) in [5.74, 6) is -0.837. The van der Waals surface area contributed by atoms with Crippen LogP contribution in [0.2, 0.25) is 0 Å². The molecular formula is C76H144O6. The molecule has 0 aliphatic rings. The molecule has 0 rings (SSSR count). The Kier molecular flexibility index (Phi) is 69.5. The van der Waals surface area contributed by atoms with E-state index in [9.17, 15) is 14.4 Å². The summed E-state index contributed by atoms with van der Waals surface area (Å²) in [6.45, 7) is 6.71. The molecule has 0 aliphatic heterocycles. The van der Waals surface area contributed by atoms with Gasteiger partial charge in [0.05, 0.1) is 0 Å². The van der Waals surface area contributed by atoms with Crippen LogP contribution < -0.4 is 0 Å². The van der Waals surface area contributed by atoms with Crippen LogP contribution >= 0.6 is 0 Å². The summed E-state index contributed by atoms with van der Waals surface area (Å²) in [4.78, 5) is 38.5. The standard InChI is InChI=1S/C76H144O6/c1-4-7-10-13-16-19-22-25-27-29-31-33-34-35-36-37-38-39-40-41-43-44-46-48-51-54-57-60-63-66-69-75(78)81-72-73(71-80-74(77)68-65-62-59-56-53-50-24-21-18-15-12-9-6-3)82-76(79)70-67-64-61-58-55-52-49-47-45-42-32-30-28-26-23-20-17-14-11-8-5-2/h23,26,30,32,73H,4-22,24-25,27-29,31,33-72H2,1-3H3/b26-23-,32-30-.